The Balaban J connectivity index is 2.60. The molecule has 15 heavy (non-hydrogen) atoms. The van der Waals surface area contributed by atoms with E-state index in [2.05, 4.69) is 4.74 Å². The summed E-state index contributed by atoms with van der Waals surface area (Å²) in [6, 6.07) is 9.88. The van der Waals surface area contributed by atoms with Gasteiger partial charge in [0, 0.05) is 6.42 Å². The van der Waals surface area contributed by atoms with Gasteiger partial charge < -0.3 is 9.47 Å². The molecule has 0 spiro atoms. The van der Waals surface area contributed by atoms with E-state index in [9.17, 15) is 4.79 Å². The van der Waals surface area contributed by atoms with E-state index >= 15 is 0 Å². The summed E-state index contributed by atoms with van der Waals surface area (Å²) < 4.78 is 9.59. The lowest BCUT2D eigenvalue weighted by atomic mass is 9.99. The number of hydrogen-bond donors (Lipinski definition) is 0. The number of carbonyl (C=O) groups is 1. The number of carbonyl (C=O) groups excluding carboxylic acids is 1. The average molecular weight is 208 g/mol. The van der Waals surface area contributed by atoms with Crippen LogP contribution in [0.1, 0.15) is 19.4 Å². The summed E-state index contributed by atoms with van der Waals surface area (Å²) in [5.41, 5.74) is 0.584. The van der Waals surface area contributed by atoms with Crippen LogP contribution in [0.15, 0.2) is 30.3 Å². The van der Waals surface area contributed by atoms with E-state index < -0.39 is 11.8 Å². The third-order valence-electron chi connectivity index (χ3n) is 2.00. The van der Waals surface area contributed by atoms with Crippen LogP contribution in [0, 0.1) is 0 Å². The first-order valence-electron chi connectivity index (χ1n) is 4.84. The minimum Gasteiger partial charge on any atom is -0.438 e. The van der Waals surface area contributed by atoms with Gasteiger partial charge in [0.15, 0.2) is 0 Å². The molecule has 0 atom stereocenters. The molecule has 0 bridgehead atoms. The van der Waals surface area contributed by atoms with Gasteiger partial charge in [0.2, 0.25) is 0 Å². The maximum absolute atomic E-state index is 11.0. The zero-order valence-electron chi connectivity index (χ0n) is 9.32. The van der Waals surface area contributed by atoms with Crippen molar-refractivity contribution >= 4 is 6.16 Å². The Morgan fingerprint density at radius 3 is 2.40 bits per heavy atom. The molecule has 0 saturated heterocycles. The molecular weight excluding hydrogens is 192 g/mol. The second kappa shape index (κ2) is 4.82. The van der Waals surface area contributed by atoms with Crippen molar-refractivity contribution in [1.82, 2.24) is 0 Å². The number of hydrogen-bond acceptors (Lipinski definition) is 3. The monoisotopic (exact) mass is 208 g/mol. The molecule has 0 aliphatic heterocycles. The Hall–Kier alpha value is -1.51. The van der Waals surface area contributed by atoms with Gasteiger partial charge in [-0.15, -0.1) is 0 Å². The summed E-state index contributed by atoms with van der Waals surface area (Å²) in [6.45, 7) is 3.72. The largest absolute Gasteiger partial charge is 0.508 e. The highest BCUT2D eigenvalue weighted by molar-refractivity contribution is 5.60. The summed E-state index contributed by atoms with van der Waals surface area (Å²) in [7, 11) is 1.31. The molecule has 82 valence electrons. The Kier molecular flexibility index (Phi) is 3.72. The van der Waals surface area contributed by atoms with E-state index in [1.165, 1.54) is 7.11 Å². The van der Waals surface area contributed by atoms with Gasteiger partial charge in [0.25, 0.3) is 0 Å². The molecule has 1 aromatic carbocycles. The second-order valence-electron chi connectivity index (χ2n) is 3.98. The summed E-state index contributed by atoms with van der Waals surface area (Å²) in [5.74, 6) is 0. The van der Waals surface area contributed by atoms with Crippen molar-refractivity contribution in [3.05, 3.63) is 35.9 Å². The summed E-state index contributed by atoms with van der Waals surface area (Å²) in [6.07, 6.45) is 0.0269. The average Bonchev–Trinajstić information content (AvgIpc) is 2.17. The lowest BCUT2D eigenvalue weighted by Gasteiger charge is -2.24. The molecule has 3 nitrogen and oxygen atoms in total. The highest BCUT2D eigenvalue weighted by Gasteiger charge is 2.23. The van der Waals surface area contributed by atoms with Crippen LogP contribution < -0.4 is 0 Å². The first kappa shape index (κ1) is 11.6. The van der Waals surface area contributed by atoms with Crippen molar-refractivity contribution in [1.29, 1.82) is 0 Å². The normalized spacial score (nSPS) is 10.9. The highest BCUT2D eigenvalue weighted by Crippen LogP contribution is 2.17. The summed E-state index contributed by atoms with van der Waals surface area (Å²) >= 11 is 0. The van der Waals surface area contributed by atoms with Crippen LogP contribution >= 0.6 is 0 Å². The molecule has 0 fully saturated rings. The molecule has 0 heterocycles. The molecule has 0 saturated carbocycles. The van der Waals surface area contributed by atoms with Crippen molar-refractivity contribution in [2.75, 3.05) is 7.11 Å². The lowest BCUT2D eigenvalue weighted by molar-refractivity contribution is -0.00635. The molecular formula is C12H16O3. The Bertz CT molecular complexity index is 317. The van der Waals surface area contributed by atoms with Crippen LogP contribution in [0.2, 0.25) is 0 Å². The fraction of sp³-hybridized carbons (Fsp3) is 0.417. The van der Waals surface area contributed by atoms with Crippen LogP contribution in [-0.2, 0) is 15.9 Å². The maximum Gasteiger partial charge on any atom is 0.508 e. The predicted molar refractivity (Wildman–Crippen MR) is 57.7 cm³/mol. The Morgan fingerprint density at radius 1 is 1.27 bits per heavy atom. The molecule has 0 amide bonds. The van der Waals surface area contributed by atoms with Gasteiger partial charge in [0.05, 0.1) is 7.11 Å². The van der Waals surface area contributed by atoms with Crippen LogP contribution in [0.3, 0.4) is 0 Å². The van der Waals surface area contributed by atoms with E-state index in [0.717, 1.165) is 5.56 Å². The van der Waals surface area contributed by atoms with E-state index in [1.54, 1.807) is 0 Å². The minimum atomic E-state index is -0.643. The summed E-state index contributed by atoms with van der Waals surface area (Å²) in [5, 5.41) is 0. The number of benzene rings is 1. The predicted octanol–water partition coefficient (Wildman–Crippen LogP) is 2.79. The smallest absolute Gasteiger partial charge is 0.438 e. The van der Waals surface area contributed by atoms with Gasteiger partial charge in [-0.2, -0.15) is 0 Å². The van der Waals surface area contributed by atoms with Crippen molar-refractivity contribution in [3.8, 4) is 0 Å². The molecule has 3 heteroatoms. The standard InChI is InChI=1S/C12H16O3/c1-12(2,15-11(13)14-3)9-10-7-5-4-6-8-10/h4-8H,9H2,1-3H3. The minimum absolute atomic E-state index is 0.547. The van der Waals surface area contributed by atoms with Gasteiger partial charge in [-0.3, -0.25) is 0 Å². The van der Waals surface area contributed by atoms with Gasteiger partial charge in [-0.25, -0.2) is 4.79 Å². The zero-order valence-corrected chi connectivity index (χ0v) is 9.32. The topological polar surface area (TPSA) is 35.5 Å². The molecule has 0 aliphatic rings. The lowest BCUT2D eigenvalue weighted by Crippen LogP contribution is -2.30. The van der Waals surface area contributed by atoms with Crippen LogP contribution in [0.25, 0.3) is 0 Å². The second-order valence-corrected chi connectivity index (χ2v) is 3.98. The van der Waals surface area contributed by atoms with Gasteiger partial charge in [-0.1, -0.05) is 30.3 Å². The number of methoxy groups -OCH3 is 1. The molecule has 0 radical (unpaired) electrons. The third-order valence-corrected chi connectivity index (χ3v) is 2.00. The van der Waals surface area contributed by atoms with Gasteiger partial charge >= 0.3 is 6.16 Å². The zero-order chi connectivity index (χ0) is 11.3. The first-order chi connectivity index (χ1) is 7.03. The molecule has 1 aromatic rings. The fourth-order valence-corrected chi connectivity index (χ4v) is 1.39. The fourth-order valence-electron chi connectivity index (χ4n) is 1.39. The quantitative estimate of drug-likeness (QED) is 0.716. The molecule has 0 aromatic heterocycles. The SMILES string of the molecule is COC(=O)OC(C)(C)Cc1ccccc1. The Labute approximate surface area is 90.0 Å². The van der Waals surface area contributed by atoms with Gasteiger partial charge in [-0.05, 0) is 19.4 Å². The van der Waals surface area contributed by atoms with Crippen LogP contribution in [-0.4, -0.2) is 18.9 Å². The number of rotatable bonds is 3. The van der Waals surface area contributed by atoms with Crippen molar-refractivity contribution in [3.63, 3.8) is 0 Å². The third kappa shape index (κ3) is 4.02. The van der Waals surface area contributed by atoms with Crippen molar-refractivity contribution < 1.29 is 14.3 Å². The van der Waals surface area contributed by atoms with Crippen LogP contribution in [0.5, 0.6) is 0 Å². The molecule has 0 unspecified atom stereocenters. The summed E-state index contributed by atoms with van der Waals surface area (Å²) in [4.78, 5) is 11.0. The van der Waals surface area contributed by atoms with E-state index in [4.69, 9.17) is 4.74 Å². The molecule has 0 N–H and O–H groups in total. The van der Waals surface area contributed by atoms with E-state index in [-0.39, 0.29) is 0 Å². The van der Waals surface area contributed by atoms with E-state index in [0.29, 0.717) is 6.42 Å². The van der Waals surface area contributed by atoms with Gasteiger partial charge in [0.1, 0.15) is 5.60 Å². The Morgan fingerprint density at radius 2 is 1.87 bits per heavy atom. The molecule has 1 rings (SSSR count). The highest BCUT2D eigenvalue weighted by atomic mass is 16.7. The van der Waals surface area contributed by atoms with Crippen LogP contribution in [0.4, 0.5) is 4.79 Å². The van der Waals surface area contributed by atoms with Crippen molar-refractivity contribution in [2.45, 2.75) is 25.9 Å². The molecule has 0 aliphatic carbocycles. The number of ether oxygens (including phenoxy) is 2. The van der Waals surface area contributed by atoms with Crippen molar-refractivity contribution in [2.24, 2.45) is 0 Å². The maximum atomic E-state index is 11.0. The van der Waals surface area contributed by atoms with E-state index in [1.807, 2.05) is 44.2 Å². The first-order valence-corrected chi connectivity index (χ1v) is 4.84.